The molecule has 1 nitrogen and oxygen atoms in total. The second kappa shape index (κ2) is 6.75. The molecule has 1 aliphatic heterocycles. The van der Waals surface area contributed by atoms with Crippen LogP contribution in [0.25, 0.3) is 0 Å². The zero-order valence-corrected chi connectivity index (χ0v) is 14.1. The summed E-state index contributed by atoms with van der Waals surface area (Å²) >= 11 is 2.06. The Morgan fingerprint density at radius 1 is 1.24 bits per heavy atom. The first-order valence-electron chi connectivity index (χ1n) is 8.72. The van der Waals surface area contributed by atoms with E-state index < -0.39 is 0 Å². The van der Waals surface area contributed by atoms with E-state index in [1.54, 1.807) is 0 Å². The number of benzene rings is 1. The van der Waals surface area contributed by atoms with Gasteiger partial charge in [-0.1, -0.05) is 44.4 Å². The molecule has 1 atom stereocenters. The average Bonchev–Trinajstić information content (AvgIpc) is 2.88. The summed E-state index contributed by atoms with van der Waals surface area (Å²) in [6.45, 7) is 2.30. The van der Waals surface area contributed by atoms with E-state index in [0.29, 0.717) is 5.25 Å². The summed E-state index contributed by atoms with van der Waals surface area (Å²) in [4.78, 5) is 1.49. The maximum atomic E-state index is 6.75. The van der Waals surface area contributed by atoms with E-state index in [4.69, 9.17) is 5.73 Å². The topological polar surface area (TPSA) is 26.0 Å². The molecule has 0 spiro atoms. The Labute approximate surface area is 134 Å². The van der Waals surface area contributed by atoms with E-state index in [1.807, 2.05) is 0 Å². The lowest BCUT2D eigenvalue weighted by Crippen LogP contribution is -2.45. The predicted molar refractivity (Wildman–Crippen MR) is 92.8 cm³/mol. The van der Waals surface area contributed by atoms with Crippen LogP contribution >= 0.6 is 11.8 Å². The predicted octanol–water partition coefficient (Wildman–Crippen LogP) is 5.17. The third kappa shape index (κ3) is 3.84. The van der Waals surface area contributed by atoms with Crippen LogP contribution in [0.15, 0.2) is 29.2 Å². The maximum Gasteiger partial charge on any atom is 0.0165 e. The van der Waals surface area contributed by atoms with Gasteiger partial charge in [0.1, 0.15) is 0 Å². The van der Waals surface area contributed by atoms with E-state index in [-0.39, 0.29) is 5.54 Å². The zero-order chi connectivity index (χ0) is 14.7. The molecule has 1 fully saturated rings. The fourth-order valence-corrected chi connectivity index (χ4v) is 5.56. The minimum Gasteiger partial charge on any atom is -0.325 e. The number of unbranched alkanes of at least 4 members (excludes halogenated alkanes) is 1. The van der Waals surface area contributed by atoms with E-state index in [1.165, 1.54) is 68.2 Å². The molecule has 1 saturated carbocycles. The molecule has 0 amide bonds. The Balaban J connectivity index is 1.50. The first-order valence-corrected chi connectivity index (χ1v) is 9.60. The molecule has 116 valence electrons. The summed E-state index contributed by atoms with van der Waals surface area (Å²) in [6, 6.07) is 8.88. The number of fused-ring (bicyclic) bond motifs is 1. The highest BCUT2D eigenvalue weighted by molar-refractivity contribution is 8.00. The third-order valence-electron chi connectivity index (χ3n) is 5.41. The van der Waals surface area contributed by atoms with Crippen LogP contribution in [0.1, 0.15) is 63.9 Å². The minimum atomic E-state index is 0.114. The van der Waals surface area contributed by atoms with E-state index in [2.05, 4.69) is 43.0 Å². The van der Waals surface area contributed by atoms with Crippen LogP contribution in [0.4, 0.5) is 0 Å². The highest BCUT2D eigenvalue weighted by Crippen LogP contribution is 2.43. The molecule has 2 heteroatoms. The number of rotatable bonds is 5. The number of thioether (sulfide) groups is 1. The quantitative estimate of drug-likeness (QED) is 0.812. The molecule has 1 aromatic carbocycles. The molecular formula is C19H29NS. The molecule has 1 unspecified atom stereocenters. The third-order valence-corrected chi connectivity index (χ3v) is 6.73. The van der Waals surface area contributed by atoms with Crippen LogP contribution in [-0.2, 0) is 6.42 Å². The molecule has 2 N–H and O–H groups in total. The Bertz CT molecular complexity index is 437. The van der Waals surface area contributed by atoms with Gasteiger partial charge in [-0.3, -0.25) is 0 Å². The fourth-order valence-electron chi connectivity index (χ4n) is 4.06. The normalized spacial score (nSPS) is 32.1. The van der Waals surface area contributed by atoms with Crippen molar-refractivity contribution in [3.63, 3.8) is 0 Å². The second-order valence-electron chi connectivity index (χ2n) is 7.20. The molecule has 0 saturated heterocycles. The summed E-state index contributed by atoms with van der Waals surface area (Å²) < 4.78 is 0. The lowest BCUT2D eigenvalue weighted by molar-refractivity contribution is 0.211. The van der Waals surface area contributed by atoms with E-state index in [9.17, 15) is 0 Å². The van der Waals surface area contributed by atoms with Crippen LogP contribution in [0.2, 0.25) is 0 Å². The summed E-state index contributed by atoms with van der Waals surface area (Å²) in [6.07, 6.45) is 11.8. The Hall–Kier alpha value is -0.470. The van der Waals surface area contributed by atoms with Crippen molar-refractivity contribution in [2.75, 3.05) is 0 Å². The first-order chi connectivity index (χ1) is 10.2. The molecule has 2 aliphatic rings. The van der Waals surface area contributed by atoms with Gasteiger partial charge in [0, 0.05) is 15.7 Å². The molecule has 0 bridgehead atoms. The van der Waals surface area contributed by atoms with Crippen LogP contribution in [0, 0.1) is 5.92 Å². The highest BCUT2D eigenvalue weighted by atomic mass is 32.2. The van der Waals surface area contributed by atoms with Gasteiger partial charge in [0.05, 0.1) is 0 Å². The number of nitrogens with two attached hydrogens (primary N) is 1. The van der Waals surface area contributed by atoms with Crippen LogP contribution in [-0.4, -0.2) is 10.8 Å². The van der Waals surface area contributed by atoms with Crippen molar-refractivity contribution in [3.05, 3.63) is 29.8 Å². The van der Waals surface area contributed by atoms with Crippen LogP contribution < -0.4 is 5.73 Å². The van der Waals surface area contributed by atoms with Gasteiger partial charge in [0.2, 0.25) is 0 Å². The van der Waals surface area contributed by atoms with Crippen molar-refractivity contribution in [2.24, 2.45) is 11.7 Å². The van der Waals surface area contributed by atoms with Gasteiger partial charge in [-0.15, -0.1) is 11.8 Å². The highest BCUT2D eigenvalue weighted by Gasteiger charge is 2.35. The van der Waals surface area contributed by atoms with Crippen molar-refractivity contribution in [1.82, 2.24) is 0 Å². The van der Waals surface area contributed by atoms with Gasteiger partial charge in [-0.25, -0.2) is 0 Å². The largest absolute Gasteiger partial charge is 0.325 e. The second-order valence-corrected chi connectivity index (χ2v) is 8.55. The van der Waals surface area contributed by atoms with Gasteiger partial charge < -0.3 is 5.73 Å². The molecule has 21 heavy (non-hydrogen) atoms. The zero-order valence-electron chi connectivity index (χ0n) is 13.3. The van der Waals surface area contributed by atoms with Crippen LogP contribution in [0.3, 0.4) is 0 Å². The van der Waals surface area contributed by atoms with E-state index in [0.717, 1.165) is 5.92 Å². The summed E-state index contributed by atoms with van der Waals surface area (Å²) in [5, 5.41) is 0.708. The Kier molecular flexibility index (Phi) is 4.96. The maximum absolute atomic E-state index is 6.75. The van der Waals surface area contributed by atoms with Gasteiger partial charge >= 0.3 is 0 Å². The molecule has 0 radical (unpaired) electrons. The van der Waals surface area contributed by atoms with Gasteiger partial charge in [-0.05, 0) is 56.1 Å². The van der Waals surface area contributed by atoms with Gasteiger partial charge in [-0.2, -0.15) is 0 Å². The summed E-state index contributed by atoms with van der Waals surface area (Å²) in [5.41, 5.74) is 8.40. The molecule has 3 rings (SSSR count). The minimum absolute atomic E-state index is 0.114. The average molecular weight is 304 g/mol. The molecule has 1 aromatic rings. The smallest absolute Gasteiger partial charge is 0.0165 e. The van der Waals surface area contributed by atoms with Gasteiger partial charge in [0.15, 0.2) is 0 Å². The monoisotopic (exact) mass is 303 g/mol. The van der Waals surface area contributed by atoms with Crippen molar-refractivity contribution < 1.29 is 0 Å². The van der Waals surface area contributed by atoms with E-state index >= 15 is 0 Å². The standard InChI is InChI=1S/C19H29NS/c1-2-3-6-15-9-11-19(20,12-10-15)14-17-13-16-7-4-5-8-18(16)21-17/h4-5,7-8,15,17H,2-3,6,9-14,20H2,1H3. The Morgan fingerprint density at radius 2 is 2.00 bits per heavy atom. The molecule has 1 heterocycles. The first kappa shape index (κ1) is 15.4. The van der Waals surface area contributed by atoms with Crippen molar-refractivity contribution >= 4 is 11.8 Å². The SMILES string of the molecule is CCCCC1CCC(N)(CC2Cc3ccccc3S2)CC1. The Morgan fingerprint density at radius 3 is 2.71 bits per heavy atom. The lowest BCUT2D eigenvalue weighted by atomic mass is 9.73. The molecule has 1 aliphatic carbocycles. The van der Waals surface area contributed by atoms with Crippen LogP contribution in [0.5, 0.6) is 0 Å². The number of hydrogen-bond donors (Lipinski definition) is 1. The number of hydrogen-bond acceptors (Lipinski definition) is 2. The van der Waals surface area contributed by atoms with Crippen molar-refractivity contribution in [3.8, 4) is 0 Å². The lowest BCUT2D eigenvalue weighted by Gasteiger charge is -2.38. The summed E-state index contributed by atoms with van der Waals surface area (Å²) in [5.74, 6) is 0.954. The van der Waals surface area contributed by atoms with Crippen molar-refractivity contribution in [2.45, 2.75) is 80.4 Å². The van der Waals surface area contributed by atoms with Gasteiger partial charge in [0.25, 0.3) is 0 Å². The van der Waals surface area contributed by atoms with Crippen molar-refractivity contribution in [1.29, 1.82) is 0 Å². The fraction of sp³-hybridized carbons (Fsp3) is 0.684. The summed E-state index contributed by atoms with van der Waals surface area (Å²) in [7, 11) is 0. The molecular weight excluding hydrogens is 274 g/mol. The molecule has 0 aromatic heterocycles.